The third kappa shape index (κ3) is 1.24. The number of allylic oxidation sites excluding steroid dienone is 1. The lowest BCUT2D eigenvalue weighted by Crippen LogP contribution is -1.96. The lowest BCUT2D eigenvalue weighted by Gasteiger charge is -1.96. The standard InChI is InChI=1S/C11H12N2/c1-3-6-11-9-7-4-5-8-10(9)12-13(11)2/h3-5,7-8H,1,6H2,2H3. The van der Waals surface area contributed by atoms with Crippen molar-refractivity contribution in [3.05, 3.63) is 42.6 Å². The molecule has 13 heavy (non-hydrogen) atoms. The Balaban J connectivity index is 2.70. The Kier molecular flexibility index (Phi) is 1.89. The molecule has 0 atom stereocenters. The van der Waals surface area contributed by atoms with Gasteiger partial charge in [0.15, 0.2) is 0 Å². The third-order valence-electron chi connectivity index (χ3n) is 2.20. The maximum absolute atomic E-state index is 4.40. The van der Waals surface area contributed by atoms with E-state index >= 15 is 0 Å². The number of hydrogen-bond donors (Lipinski definition) is 0. The zero-order chi connectivity index (χ0) is 9.26. The molecule has 2 heteroatoms. The van der Waals surface area contributed by atoms with E-state index in [4.69, 9.17) is 0 Å². The molecule has 0 aliphatic heterocycles. The van der Waals surface area contributed by atoms with Gasteiger partial charge in [-0.3, -0.25) is 4.68 Å². The summed E-state index contributed by atoms with van der Waals surface area (Å²) in [7, 11) is 1.97. The van der Waals surface area contributed by atoms with Crippen molar-refractivity contribution in [3.63, 3.8) is 0 Å². The molecule has 0 fully saturated rings. The van der Waals surface area contributed by atoms with Crippen molar-refractivity contribution in [2.24, 2.45) is 7.05 Å². The van der Waals surface area contributed by atoms with Gasteiger partial charge in [-0.1, -0.05) is 24.3 Å². The summed E-state index contributed by atoms with van der Waals surface area (Å²) in [5.74, 6) is 0. The van der Waals surface area contributed by atoms with Gasteiger partial charge in [0, 0.05) is 24.5 Å². The van der Waals surface area contributed by atoms with Gasteiger partial charge in [0.05, 0.1) is 5.52 Å². The van der Waals surface area contributed by atoms with Gasteiger partial charge in [0.2, 0.25) is 0 Å². The number of fused-ring (bicyclic) bond motifs is 1. The highest BCUT2D eigenvalue weighted by atomic mass is 15.3. The highest BCUT2D eigenvalue weighted by molar-refractivity contribution is 5.81. The van der Waals surface area contributed by atoms with Gasteiger partial charge in [-0.2, -0.15) is 5.10 Å². The van der Waals surface area contributed by atoms with Gasteiger partial charge < -0.3 is 0 Å². The lowest BCUT2D eigenvalue weighted by atomic mass is 10.2. The van der Waals surface area contributed by atoms with Crippen LogP contribution in [0.4, 0.5) is 0 Å². The fraction of sp³-hybridized carbons (Fsp3) is 0.182. The smallest absolute Gasteiger partial charge is 0.0926 e. The molecule has 1 aromatic carbocycles. The molecule has 2 aromatic rings. The molecular weight excluding hydrogens is 160 g/mol. The highest BCUT2D eigenvalue weighted by Crippen LogP contribution is 2.17. The van der Waals surface area contributed by atoms with Crippen LogP contribution in [0.3, 0.4) is 0 Å². The van der Waals surface area contributed by atoms with Crippen LogP contribution in [0.15, 0.2) is 36.9 Å². The second-order valence-corrected chi connectivity index (χ2v) is 3.08. The molecule has 0 radical (unpaired) electrons. The third-order valence-corrected chi connectivity index (χ3v) is 2.20. The van der Waals surface area contributed by atoms with E-state index < -0.39 is 0 Å². The molecule has 0 N–H and O–H groups in total. The van der Waals surface area contributed by atoms with Crippen molar-refractivity contribution >= 4 is 10.9 Å². The zero-order valence-corrected chi connectivity index (χ0v) is 7.70. The first-order valence-corrected chi connectivity index (χ1v) is 4.34. The minimum Gasteiger partial charge on any atom is -0.271 e. The van der Waals surface area contributed by atoms with Crippen LogP contribution in [-0.2, 0) is 13.5 Å². The summed E-state index contributed by atoms with van der Waals surface area (Å²) in [4.78, 5) is 0. The van der Waals surface area contributed by atoms with Crippen LogP contribution in [0.5, 0.6) is 0 Å². The Morgan fingerprint density at radius 2 is 2.23 bits per heavy atom. The number of aryl methyl sites for hydroxylation is 1. The fourth-order valence-electron chi connectivity index (χ4n) is 1.58. The lowest BCUT2D eigenvalue weighted by molar-refractivity contribution is 0.738. The molecule has 0 aliphatic rings. The number of nitrogens with zero attached hydrogens (tertiary/aromatic N) is 2. The van der Waals surface area contributed by atoms with Crippen molar-refractivity contribution in [3.8, 4) is 0 Å². The summed E-state index contributed by atoms with van der Waals surface area (Å²) in [5, 5.41) is 5.63. The molecule has 0 unspecified atom stereocenters. The maximum Gasteiger partial charge on any atom is 0.0926 e. The van der Waals surface area contributed by atoms with Gasteiger partial charge >= 0.3 is 0 Å². The van der Waals surface area contributed by atoms with Gasteiger partial charge in [-0.15, -0.1) is 6.58 Å². The van der Waals surface area contributed by atoms with E-state index in [2.05, 4.69) is 17.7 Å². The largest absolute Gasteiger partial charge is 0.271 e. The van der Waals surface area contributed by atoms with E-state index in [0.717, 1.165) is 11.9 Å². The van der Waals surface area contributed by atoms with Crippen molar-refractivity contribution in [2.75, 3.05) is 0 Å². The maximum atomic E-state index is 4.40. The molecule has 0 amide bonds. The van der Waals surface area contributed by atoms with Crippen LogP contribution < -0.4 is 0 Å². The monoisotopic (exact) mass is 172 g/mol. The van der Waals surface area contributed by atoms with Gasteiger partial charge in [0.1, 0.15) is 0 Å². The average Bonchev–Trinajstić information content (AvgIpc) is 2.44. The Bertz CT molecular complexity index is 440. The molecule has 0 bridgehead atoms. The van der Waals surface area contributed by atoms with E-state index in [1.807, 2.05) is 36.0 Å². The molecule has 0 saturated carbocycles. The number of benzene rings is 1. The van der Waals surface area contributed by atoms with Crippen molar-refractivity contribution in [1.29, 1.82) is 0 Å². The minimum absolute atomic E-state index is 0.872. The first-order chi connectivity index (χ1) is 6.33. The molecule has 0 saturated heterocycles. The van der Waals surface area contributed by atoms with Crippen molar-refractivity contribution in [2.45, 2.75) is 6.42 Å². The molecule has 0 aliphatic carbocycles. The Labute approximate surface area is 77.5 Å². The summed E-state index contributed by atoms with van der Waals surface area (Å²) in [5.41, 5.74) is 2.28. The normalized spacial score (nSPS) is 10.5. The quantitative estimate of drug-likeness (QED) is 0.635. The topological polar surface area (TPSA) is 17.8 Å². The predicted octanol–water partition coefficient (Wildman–Crippen LogP) is 2.30. The summed E-state index contributed by atoms with van der Waals surface area (Å²) in [6.07, 6.45) is 2.78. The summed E-state index contributed by atoms with van der Waals surface area (Å²) >= 11 is 0. The van der Waals surface area contributed by atoms with Crippen LogP contribution >= 0.6 is 0 Å². The van der Waals surface area contributed by atoms with E-state index in [9.17, 15) is 0 Å². The van der Waals surface area contributed by atoms with Crippen molar-refractivity contribution < 1.29 is 0 Å². The SMILES string of the molecule is C=CCc1c2ccccc2nn1C. The summed E-state index contributed by atoms with van der Waals surface area (Å²) in [6, 6.07) is 8.17. The summed E-state index contributed by atoms with van der Waals surface area (Å²) in [6.45, 7) is 3.74. The molecule has 2 nitrogen and oxygen atoms in total. The second kappa shape index (κ2) is 3.05. The number of aromatic nitrogens is 2. The Morgan fingerprint density at radius 3 is 3.00 bits per heavy atom. The van der Waals surface area contributed by atoms with E-state index in [0.29, 0.717) is 0 Å². The second-order valence-electron chi connectivity index (χ2n) is 3.08. The minimum atomic E-state index is 0.872. The Morgan fingerprint density at radius 1 is 1.46 bits per heavy atom. The van der Waals surface area contributed by atoms with Crippen LogP contribution in [-0.4, -0.2) is 9.78 Å². The molecule has 1 aromatic heterocycles. The van der Waals surface area contributed by atoms with E-state index in [1.165, 1.54) is 11.1 Å². The van der Waals surface area contributed by atoms with Crippen LogP contribution in [0.2, 0.25) is 0 Å². The van der Waals surface area contributed by atoms with E-state index in [1.54, 1.807) is 0 Å². The Hall–Kier alpha value is -1.57. The molecular formula is C11H12N2. The molecule has 66 valence electrons. The zero-order valence-electron chi connectivity index (χ0n) is 7.70. The van der Waals surface area contributed by atoms with Gasteiger partial charge in [0.25, 0.3) is 0 Å². The molecule has 2 rings (SSSR count). The molecule has 0 spiro atoms. The predicted molar refractivity (Wildman–Crippen MR) is 54.6 cm³/mol. The van der Waals surface area contributed by atoms with Crippen LogP contribution in [0.25, 0.3) is 10.9 Å². The van der Waals surface area contributed by atoms with Crippen molar-refractivity contribution in [1.82, 2.24) is 9.78 Å². The van der Waals surface area contributed by atoms with Crippen LogP contribution in [0, 0.1) is 0 Å². The average molecular weight is 172 g/mol. The number of hydrogen-bond acceptors (Lipinski definition) is 1. The van der Waals surface area contributed by atoms with Gasteiger partial charge in [-0.25, -0.2) is 0 Å². The summed E-state index contributed by atoms with van der Waals surface area (Å²) < 4.78 is 1.92. The first-order valence-electron chi connectivity index (χ1n) is 4.34. The first kappa shape index (κ1) is 8.05. The van der Waals surface area contributed by atoms with E-state index in [-0.39, 0.29) is 0 Å². The molecule has 1 heterocycles. The highest BCUT2D eigenvalue weighted by Gasteiger charge is 2.05. The van der Waals surface area contributed by atoms with Crippen LogP contribution in [0.1, 0.15) is 5.69 Å². The number of rotatable bonds is 2. The fourth-order valence-corrected chi connectivity index (χ4v) is 1.58. The van der Waals surface area contributed by atoms with Gasteiger partial charge in [-0.05, 0) is 6.07 Å².